The van der Waals surface area contributed by atoms with Crippen LogP contribution in [0.4, 0.5) is 5.69 Å². The van der Waals surface area contributed by atoms with Crippen LogP contribution in [0.2, 0.25) is 0 Å². The molecule has 2 aromatic heterocycles. The summed E-state index contributed by atoms with van der Waals surface area (Å²) in [6, 6.07) is 9.84. The Labute approximate surface area is 190 Å². The summed E-state index contributed by atoms with van der Waals surface area (Å²) in [5.41, 5.74) is 1.51. The summed E-state index contributed by atoms with van der Waals surface area (Å²) in [6.07, 6.45) is 3.30. The molecule has 1 aromatic carbocycles. The van der Waals surface area contributed by atoms with Crippen LogP contribution in [0.5, 0.6) is 0 Å². The van der Waals surface area contributed by atoms with E-state index in [0.717, 1.165) is 21.8 Å². The third-order valence-electron chi connectivity index (χ3n) is 5.50. The van der Waals surface area contributed by atoms with E-state index in [1.165, 1.54) is 28.8 Å². The van der Waals surface area contributed by atoms with Gasteiger partial charge in [0.25, 0.3) is 0 Å². The zero-order valence-corrected chi connectivity index (χ0v) is 18.4. The lowest BCUT2D eigenvalue weighted by molar-refractivity contribution is -0.122. The number of hydrogen-bond acceptors (Lipinski definition) is 8. The Morgan fingerprint density at radius 1 is 1.16 bits per heavy atom. The number of nitrogens with zero attached hydrogens (tertiary/aromatic N) is 2. The van der Waals surface area contributed by atoms with Crippen LogP contribution < -0.4 is 9.77 Å². The van der Waals surface area contributed by atoms with E-state index in [1.807, 2.05) is 6.07 Å². The summed E-state index contributed by atoms with van der Waals surface area (Å²) >= 11 is 2.28. The third kappa shape index (κ3) is 3.26. The number of imide groups is 1. The van der Waals surface area contributed by atoms with Crippen molar-refractivity contribution in [1.82, 2.24) is 9.97 Å². The topological polar surface area (TPSA) is 109 Å². The molecule has 1 saturated heterocycles. The Hall–Kier alpha value is -3.24. The number of benzene rings is 1. The molecule has 5 rings (SSSR count). The van der Waals surface area contributed by atoms with Gasteiger partial charge in [-0.05, 0) is 42.8 Å². The standard InChI is InChI=1S/C22H17N3O5S2/c1-2-30-21(28)11-5-7-13(8-6-11)25-19(26)15-14(12-4-3-9-23-10-12)16-18(24-22(29)32-16)31-17(15)20(25)27/h3-10,14-15,17H,2H2,1H3,(H,24,29)/t14-,15?,17?/m1/s1. The van der Waals surface area contributed by atoms with Gasteiger partial charge in [0.05, 0.1) is 28.8 Å². The molecule has 4 heterocycles. The molecule has 2 amide bonds. The fourth-order valence-corrected chi connectivity index (χ4v) is 6.67. The van der Waals surface area contributed by atoms with Crippen LogP contribution in [0.15, 0.2) is 58.6 Å². The molecular weight excluding hydrogens is 450 g/mol. The molecule has 0 spiro atoms. The lowest BCUT2D eigenvalue weighted by Crippen LogP contribution is -2.32. The molecule has 2 aliphatic rings. The van der Waals surface area contributed by atoms with Gasteiger partial charge in [0.15, 0.2) is 0 Å². The maximum absolute atomic E-state index is 13.6. The van der Waals surface area contributed by atoms with Crippen LogP contribution in [0.3, 0.4) is 0 Å². The van der Waals surface area contributed by atoms with E-state index < -0.39 is 23.1 Å². The molecule has 3 atom stereocenters. The van der Waals surface area contributed by atoms with Crippen LogP contribution in [0.25, 0.3) is 0 Å². The van der Waals surface area contributed by atoms with Gasteiger partial charge in [-0.3, -0.25) is 19.4 Å². The average Bonchev–Trinajstić information content (AvgIpc) is 3.29. The minimum atomic E-state index is -0.671. The number of anilines is 1. The first-order valence-electron chi connectivity index (χ1n) is 9.94. The molecule has 32 heavy (non-hydrogen) atoms. The number of amides is 2. The fraction of sp³-hybridized carbons (Fsp3) is 0.227. The number of hydrogen-bond donors (Lipinski definition) is 1. The third-order valence-corrected chi connectivity index (χ3v) is 7.91. The number of carbonyl (C=O) groups is 3. The minimum Gasteiger partial charge on any atom is -0.462 e. The highest BCUT2D eigenvalue weighted by molar-refractivity contribution is 8.00. The Balaban J connectivity index is 1.54. The maximum Gasteiger partial charge on any atom is 0.338 e. The number of esters is 1. The van der Waals surface area contributed by atoms with Crippen LogP contribution in [-0.2, 0) is 14.3 Å². The molecule has 0 bridgehead atoms. The van der Waals surface area contributed by atoms with Gasteiger partial charge in [-0.2, -0.15) is 0 Å². The molecule has 3 aromatic rings. The largest absolute Gasteiger partial charge is 0.462 e. The summed E-state index contributed by atoms with van der Waals surface area (Å²) < 4.78 is 4.99. The molecule has 2 unspecified atom stereocenters. The van der Waals surface area contributed by atoms with Crippen molar-refractivity contribution >= 4 is 46.6 Å². The fourth-order valence-electron chi connectivity index (χ4n) is 4.15. The van der Waals surface area contributed by atoms with Crippen LogP contribution >= 0.6 is 23.1 Å². The maximum atomic E-state index is 13.6. The lowest BCUT2D eigenvalue weighted by Gasteiger charge is -2.29. The number of fused-ring (bicyclic) bond motifs is 2. The zero-order chi connectivity index (χ0) is 22.4. The molecule has 1 fully saturated rings. The van der Waals surface area contributed by atoms with Gasteiger partial charge in [-0.1, -0.05) is 29.2 Å². The Morgan fingerprint density at radius 3 is 2.62 bits per heavy atom. The highest BCUT2D eigenvalue weighted by atomic mass is 32.2. The van der Waals surface area contributed by atoms with E-state index in [-0.39, 0.29) is 23.3 Å². The molecule has 1 N–H and O–H groups in total. The first-order chi connectivity index (χ1) is 15.5. The Morgan fingerprint density at radius 2 is 1.94 bits per heavy atom. The molecule has 0 saturated carbocycles. The zero-order valence-electron chi connectivity index (χ0n) is 16.8. The number of thioether (sulfide) groups is 1. The first-order valence-corrected chi connectivity index (χ1v) is 11.6. The van der Waals surface area contributed by atoms with Gasteiger partial charge < -0.3 is 9.72 Å². The molecule has 0 aliphatic carbocycles. The first kappa shape index (κ1) is 20.7. The number of pyridine rings is 1. The second-order valence-corrected chi connectivity index (χ2v) is 9.48. The lowest BCUT2D eigenvalue weighted by atomic mass is 9.84. The number of thiazole rings is 1. The summed E-state index contributed by atoms with van der Waals surface area (Å²) in [6.45, 7) is 1.98. The predicted molar refractivity (Wildman–Crippen MR) is 119 cm³/mol. The Kier molecular flexibility index (Phi) is 5.18. The van der Waals surface area contributed by atoms with E-state index in [1.54, 1.807) is 37.5 Å². The van der Waals surface area contributed by atoms with Gasteiger partial charge in [0.2, 0.25) is 11.8 Å². The van der Waals surface area contributed by atoms with Crippen molar-refractivity contribution in [2.75, 3.05) is 11.5 Å². The highest BCUT2D eigenvalue weighted by Gasteiger charge is 2.56. The summed E-state index contributed by atoms with van der Waals surface area (Å²) in [5, 5.41) is -0.0500. The van der Waals surface area contributed by atoms with Gasteiger partial charge in [-0.25, -0.2) is 9.69 Å². The van der Waals surface area contributed by atoms with Crippen molar-refractivity contribution in [3.05, 3.63) is 74.5 Å². The van der Waals surface area contributed by atoms with E-state index in [2.05, 4.69) is 9.97 Å². The van der Waals surface area contributed by atoms with E-state index >= 15 is 0 Å². The number of H-pyrrole nitrogens is 1. The van der Waals surface area contributed by atoms with E-state index in [4.69, 9.17) is 4.74 Å². The van der Waals surface area contributed by atoms with Crippen molar-refractivity contribution in [3.63, 3.8) is 0 Å². The van der Waals surface area contributed by atoms with Crippen LogP contribution in [0, 0.1) is 5.92 Å². The number of carbonyl (C=O) groups excluding carboxylic acids is 3. The minimum absolute atomic E-state index is 0.220. The van der Waals surface area contributed by atoms with Crippen molar-refractivity contribution < 1.29 is 19.1 Å². The molecule has 2 aliphatic heterocycles. The van der Waals surface area contributed by atoms with Crippen molar-refractivity contribution in [2.45, 2.75) is 23.1 Å². The monoisotopic (exact) mass is 467 g/mol. The summed E-state index contributed by atoms with van der Waals surface area (Å²) in [4.78, 5) is 59.6. The molecule has 10 heteroatoms. The van der Waals surface area contributed by atoms with Gasteiger partial charge in [0.1, 0.15) is 5.25 Å². The van der Waals surface area contributed by atoms with E-state index in [0.29, 0.717) is 16.3 Å². The number of nitrogens with one attached hydrogen (secondary N) is 1. The quantitative estimate of drug-likeness (QED) is 0.464. The number of aromatic amines is 1. The molecule has 8 nitrogen and oxygen atoms in total. The smallest absolute Gasteiger partial charge is 0.338 e. The molecule has 0 radical (unpaired) electrons. The van der Waals surface area contributed by atoms with Gasteiger partial charge >= 0.3 is 10.8 Å². The van der Waals surface area contributed by atoms with Gasteiger partial charge in [-0.15, -0.1) is 0 Å². The second-order valence-electron chi connectivity index (χ2n) is 7.32. The summed E-state index contributed by atoms with van der Waals surface area (Å²) in [5.74, 6) is -2.26. The second kappa shape index (κ2) is 8.03. The number of ether oxygens (including phenoxy) is 1. The molecular formula is C22H17N3O5S2. The highest BCUT2D eigenvalue weighted by Crippen LogP contribution is 2.52. The Bertz CT molecular complexity index is 1270. The number of aromatic nitrogens is 2. The SMILES string of the molecule is CCOC(=O)c1ccc(N2C(=O)C3Sc4[nH]c(=O)sc4[C@H](c4cccnc4)C3C2=O)cc1. The van der Waals surface area contributed by atoms with E-state index in [9.17, 15) is 19.2 Å². The van der Waals surface area contributed by atoms with Crippen LogP contribution in [0.1, 0.15) is 33.6 Å². The summed E-state index contributed by atoms with van der Waals surface area (Å²) in [7, 11) is 0. The van der Waals surface area contributed by atoms with Crippen molar-refractivity contribution in [2.24, 2.45) is 5.92 Å². The normalized spacial score (nSPS) is 21.9. The number of rotatable bonds is 4. The van der Waals surface area contributed by atoms with Crippen molar-refractivity contribution in [3.8, 4) is 0 Å². The predicted octanol–water partition coefficient (Wildman–Crippen LogP) is 2.80. The molecule has 162 valence electrons. The van der Waals surface area contributed by atoms with Crippen molar-refractivity contribution in [1.29, 1.82) is 0 Å². The van der Waals surface area contributed by atoms with Gasteiger partial charge in [0, 0.05) is 23.2 Å². The average molecular weight is 468 g/mol. The van der Waals surface area contributed by atoms with Crippen LogP contribution in [-0.4, -0.2) is 39.6 Å².